The van der Waals surface area contributed by atoms with Gasteiger partial charge in [0.05, 0.1) is 12.5 Å². The minimum Gasteiger partial charge on any atom is -0.508 e. The number of carbonyl (C=O) groups is 6. The van der Waals surface area contributed by atoms with E-state index in [9.17, 15) is 44.1 Å². The molecule has 268 valence electrons. The number of aromatic hydroxyl groups is 1. The van der Waals surface area contributed by atoms with Crippen molar-refractivity contribution in [3.05, 3.63) is 29.8 Å². The van der Waals surface area contributed by atoms with Crippen LogP contribution in [-0.2, 0) is 35.2 Å². The lowest BCUT2D eigenvalue weighted by Crippen LogP contribution is -2.59. The second-order valence-electron chi connectivity index (χ2n) is 11.6. The summed E-state index contributed by atoms with van der Waals surface area (Å²) in [5.41, 5.74) is 22.6. The predicted molar refractivity (Wildman–Crippen MR) is 175 cm³/mol. The number of benzene rings is 1. The monoisotopic (exact) mass is 679 g/mol. The molecule has 0 aliphatic rings. The van der Waals surface area contributed by atoms with Crippen LogP contribution in [0.15, 0.2) is 29.3 Å². The number of guanidine groups is 1. The van der Waals surface area contributed by atoms with Crippen LogP contribution in [0.25, 0.3) is 0 Å². The largest absolute Gasteiger partial charge is 0.508 e. The molecule has 0 spiro atoms. The summed E-state index contributed by atoms with van der Waals surface area (Å²) in [6.45, 7) is 3.71. The number of nitrogens with two attached hydrogens (primary N) is 4. The molecule has 0 saturated carbocycles. The fraction of sp³-hybridized carbons (Fsp3) is 0.567. The number of nitrogens with one attached hydrogen (secondary N) is 4. The number of carboxylic acid groups (broad SMARTS) is 2. The Morgan fingerprint density at radius 1 is 0.771 bits per heavy atom. The number of nitrogens with zero attached hydrogens (tertiary/aromatic N) is 1. The molecule has 0 saturated heterocycles. The molecular weight excluding hydrogens is 630 g/mol. The van der Waals surface area contributed by atoms with E-state index in [1.807, 2.05) is 0 Å². The molecule has 18 heteroatoms. The molecule has 1 aromatic carbocycles. The lowest BCUT2D eigenvalue weighted by Gasteiger charge is -2.27. The number of phenols is 1. The smallest absolute Gasteiger partial charge is 0.326 e. The number of aliphatic carboxylic acids is 2. The van der Waals surface area contributed by atoms with E-state index in [1.165, 1.54) is 24.3 Å². The van der Waals surface area contributed by atoms with Crippen molar-refractivity contribution in [2.45, 2.75) is 89.0 Å². The van der Waals surface area contributed by atoms with Crippen molar-refractivity contribution in [3.8, 4) is 5.75 Å². The SMILES string of the molecule is CC(C)[C@@H](NC(=O)[C@H](CC(=O)O)NC(=O)[C@H](CCCCN)NC(=O)[C@@H](N)CCCN=C(N)N)C(=O)N[C@@H](Cc1ccc(O)cc1)C(=O)O. The van der Waals surface area contributed by atoms with E-state index in [0.29, 0.717) is 31.4 Å². The van der Waals surface area contributed by atoms with Gasteiger partial charge in [-0.25, -0.2) is 4.79 Å². The van der Waals surface area contributed by atoms with Gasteiger partial charge in [0.2, 0.25) is 23.6 Å². The van der Waals surface area contributed by atoms with Crippen LogP contribution in [0.3, 0.4) is 0 Å². The molecule has 0 fully saturated rings. The highest BCUT2D eigenvalue weighted by atomic mass is 16.4. The summed E-state index contributed by atoms with van der Waals surface area (Å²) in [6.07, 6.45) is 0.608. The Hall–Kier alpha value is -4.97. The van der Waals surface area contributed by atoms with E-state index in [0.717, 1.165) is 0 Å². The van der Waals surface area contributed by atoms with Crippen LogP contribution in [0.5, 0.6) is 5.75 Å². The summed E-state index contributed by atoms with van der Waals surface area (Å²) >= 11 is 0. The highest BCUT2D eigenvalue weighted by Gasteiger charge is 2.34. The molecule has 1 aromatic rings. The first kappa shape index (κ1) is 41.1. The van der Waals surface area contributed by atoms with Crippen LogP contribution in [0, 0.1) is 5.92 Å². The lowest BCUT2D eigenvalue weighted by molar-refractivity contribution is -0.143. The van der Waals surface area contributed by atoms with Crippen molar-refractivity contribution in [2.75, 3.05) is 13.1 Å². The lowest BCUT2D eigenvalue weighted by atomic mass is 10.0. The topological polar surface area (TPSA) is 328 Å². The molecule has 1 rings (SSSR count). The van der Waals surface area contributed by atoms with Gasteiger partial charge < -0.3 is 59.5 Å². The number of phenolic OH excluding ortho intramolecular Hbond substituents is 1. The van der Waals surface area contributed by atoms with Crippen LogP contribution in [-0.4, -0.2) is 100 Å². The van der Waals surface area contributed by atoms with Gasteiger partial charge in [0.25, 0.3) is 0 Å². The summed E-state index contributed by atoms with van der Waals surface area (Å²) in [6, 6.07) is -0.880. The quantitative estimate of drug-likeness (QED) is 0.0346. The van der Waals surface area contributed by atoms with Crippen molar-refractivity contribution in [1.82, 2.24) is 21.3 Å². The summed E-state index contributed by atoms with van der Waals surface area (Å²) in [5, 5.41) is 38.4. The molecule has 4 amide bonds. The zero-order chi connectivity index (χ0) is 36.4. The third-order valence-electron chi connectivity index (χ3n) is 7.13. The third-order valence-corrected chi connectivity index (χ3v) is 7.13. The molecule has 48 heavy (non-hydrogen) atoms. The van der Waals surface area contributed by atoms with E-state index in [4.69, 9.17) is 22.9 Å². The summed E-state index contributed by atoms with van der Waals surface area (Å²) in [5.74, 6) is -6.91. The number of carbonyl (C=O) groups excluding carboxylic acids is 4. The third kappa shape index (κ3) is 15.5. The number of rotatable bonds is 22. The summed E-state index contributed by atoms with van der Waals surface area (Å²) < 4.78 is 0. The van der Waals surface area contributed by atoms with Gasteiger partial charge in [-0.3, -0.25) is 29.0 Å². The molecule has 0 aromatic heterocycles. The Morgan fingerprint density at radius 2 is 1.35 bits per heavy atom. The molecule has 0 heterocycles. The van der Waals surface area contributed by atoms with Crippen molar-refractivity contribution >= 4 is 41.5 Å². The number of hydrogen-bond donors (Lipinski definition) is 11. The first-order valence-corrected chi connectivity index (χ1v) is 15.5. The van der Waals surface area contributed by atoms with Gasteiger partial charge in [0.1, 0.15) is 29.9 Å². The van der Waals surface area contributed by atoms with Crippen LogP contribution in [0.2, 0.25) is 0 Å². The van der Waals surface area contributed by atoms with Gasteiger partial charge in [-0.15, -0.1) is 0 Å². The maximum atomic E-state index is 13.3. The standard InChI is InChI=1S/C30H49N9O9/c1-16(2)24(28(46)38-22(29(47)48)14-17-8-10-18(40)11-9-17)39-27(45)21(15-23(41)42)37-26(44)20(7-3-4-12-31)36-25(43)19(32)6-5-13-35-30(33)34/h8-11,16,19-22,24,40H,3-7,12-15,31-32H2,1-2H3,(H,36,43)(H,37,44)(H,38,46)(H,39,45)(H,41,42)(H,47,48)(H4,33,34,35)/t19-,20-,21-,22-,24+/m0/s1. The van der Waals surface area contributed by atoms with Gasteiger partial charge in [-0.1, -0.05) is 26.0 Å². The van der Waals surface area contributed by atoms with Crippen molar-refractivity contribution in [3.63, 3.8) is 0 Å². The van der Waals surface area contributed by atoms with E-state index >= 15 is 0 Å². The average molecular weight is 680 g/mol. The van der Waals surface area contributed by atoms with Crippen LogP contribution in [0.4, 0.5) is 0 Å². The van der Waals surface area contributed by atoms with Crippen molar-refractivity contribution in [1.29, 1.82) is 0 Å². The van der Waals surface area contributed by atoms with Gasteiger partial charge in [0.15, 0.2) is 5.96 Å². The van der Waals surface area contributed by atoms with Gasteiger partial charge in [0, 0.05) is 13.0 Å². The first-order valence-electron chi connectivity index (χ1n) is 15.5. The van der Waals surface area contributed by atoms with Gasteiger partial charge in [-0.05, 0) is 62.3 Å². The molecule has 15 N–H and O–H groups in total. The van der Waals surface area contributed by atoms with Crippen LogP contribution < -0.4 is 44.2 Å². The van der Waals surface area contributed by atoms with Crippen molar-refractivity contribution in [2.24, 2.45) is 33.8 Å². The molecule has 18 nitrogen and oxygen atoms in total. The fourth-order valence-corrected chi connectivity index (χ4v) is 4.47. The number of aliphatic imine (C=N–C) groups is 1. The molecular formula is C30H49N9O9. The van der Waals surface area contributed by atoms with E-state index in [1.54, 1.807) is 13.8 Å². The maximum absolute atomic E-state index is 13.3. The predicted octanol–water partition coefficient (Wildman–Crippen LogP) is -2.40. The Bertz CT molecular complexity index is 1270. The number of amides is 4. The van der Waals surface area contributed by atoms with Crippen LogP contribution >= 0.6 is 0 Å². The Balaban J connectivity index is 3.07. The second-order valence-corrected chi connectivity index (χ2v) is 11.6. The molecule has 5 atom stereocenters. The average Bonchev–Trinajstić information content (AvgIpc) is 3.00. The summed E-state index contributed by atoms with van der Waals surface area (Å²) in [7, 11) is 0. The van der Waals surface area contributed by atoms with E-state index in [-0.39, 0.29) is 37.5 Å². The normalized spacial score (nSPS) is 14.0. The van der Waals surface area contributed by atoms with E-state index in [2.05, 4.69) is 26.3 Å². The molecule has 0 aliphatic heterocycles. The number of unbranched alkanes of at least 4 members (excludes halogenated alkanes) is 1. The number of carboxylic acids is 2. The maximum Gasteiger partial charge on any atom is 0.326 e. The zero-order valence-corrected chi connectivity index (χ0v) is 27.2. The zero-order valence-electron chi connectivity index (χ0n) is 27.2. The highest BCUT2D eigenvalue weighted by molar-refractivity contribution is 5.96. The Morgan fingerprint density at radius 3 is 1.90 bits per heavy atom. The molecule has 0 unspecified atom stereocenters. The minimum atomic E-state index is -1.67. The first-order chi connectivity index (χ1) is 22.5. The molecule has 0 bridgehead atoms. The Labute approximate surface area is 278 Å². The van der Waals surface area contributed by atoms with Gasteiger partial charge in [-0.2, -0.15) is 0 Å². The fourth-order valence-electron chi connectivity index (χ4n) is 4.47. The molecule has 0 aliphatic carbocycles. The van der Waals surface area contributed by atoms with Crippen molar-refractivity contribution < 1.29 is 44.1 Å². The van der Waals surface area contributed by atoms with E-state index < -0.39 is 78.1 Å². The minimum absolute atomic E-state index is 0.0240. The highest BCUT2D eigenvalue weighted by Crippen LogP contribution is 2.13. The van der Waals surface area contributed by atoms with Crippen LogP contribution in [0.1, 0.15) is 57.9 Å². The van der Waals surface area contributed by atoms with Gasteiger partial charge >= 0.3 is 11.9 Å². The number of hydrogen-bond acceptors (Lipinski definition) is 10. The second kappa shape index (κ2) is 21.0. The summed E-state index contributed by atoms with van der Waals surface area (Å²) in [4.78, 5) is 80.0. The Kier molecular flexibility index (Phi) is 18.0. The molecule has 0 radical (unpaired) electrons.